The topological polar surface area (TPSA) is 24.1 Å². The van der Waals surface area contributed by atoms with E-state index in [4.69, 9.17) is 12.2 Å². The van der Waals surface area contributed by atoms with Gasteiger partial charge in [0.05, 0.1) is 6.04 Å². The standard InChI is InChI=1S/C22H22N2S/c1-16-9-8-13-19(15-16)23-22(25)24-21(18-11-4-3-5-12-18)20-14-7-6-10-17(20)2/h3-15,21H,1-2H3,(H2,23,24,25). The van der Waals surface area contributed by atoms with E-state index < -0.39 is 0 Å². The first-order valence-electron chi connectivity index (χ1n) is 8.38. The highest BCUT2D eigenvalue weighted by molar-refractivity contribution is 7.80. The van der Waals surface area contributed by atoms with E-state index in [1.54, 1.807) is 0 Å². The molecule has 3 heteroatoms. The van der Waals surface area contributed by atoms with Gasteiger partial charge in [-0.2, -0.15) is 0 Å². The summed E-state index contributed by atoms with van der Waals surface area (Å²) in [4.78, 5) is 0. The Morgan fingerprint density at radius 1 is 0.840 bits per heavy atom. The Balaban J connectivity index is 1.85. The molecule has 0 bridgehead atoms. The molecule has 25 heavy (non-hydrogen) atoms. The van der Waals surface area contributed by atoms with Crippen molar-refractivity contribution in [3.05, 3.63) is 101 Å². The Hall–Kier alpha value is -2.65. The molecule has 126 valence electrons. The molecule has 2 N–H and O–H groups in total. The van der Waals surface area contributed by atoms with E-state index in [0.29, 0.717) is 5.11 Å². The van der Waals surface area contributed by atoms with Crippen molar-refractivity contribution >= 4 is 23.0 Å². The zero-order valence-corrected chi connectivity index (χ0v) is 15.3. The predicted molar refractivity (Wildman–Crippen MR) is 110 cm³/mol. The van der Waals surface area contributed by atoms with E-state index in [1.165, 1.54) is 22.3 Å². The summed E-state index contributed by atoms with van der Waals surface area (Å²) in [7, 11) is 0. The molecule has 3 aromatic rings. The molecule has 2 nitrogen and oxygen atoms in total. The Morgan fingerprint density at radius 2 is 1.56 bits per heavy atom. The van der Waals surface area contributed by atoms with Crippen molar-refractivity contribution in [3.63, 3.8) is 0 Å². The number of rotatable bonds is 4. The third kappa shape index (κ3) is 4.46. The Bertz CT molecular complexity index is 859. The zero-order valence-electron chi connectivity index (χ0n) is 14.5. The Morgan fingerprint density at radius 3 is 2.28 bits per heavy atom. The van der Waals surface area contributed by atoms with Crippen LogP contribution in [0.3, 0.4) is 0 Å². The summed E-state index contributed by atoms with van der Waals surface area (Å²) in [6.07, 6.45) is 0. The lowest BCUT2D eigenvalue weighted by atomic mass is 9.95. The van der Waals surface area contributed by atoms with E-state index >= 15 is 0 Å². The molecule has 0 aliphatic carbocycles. The van der Waals surface area contributed by atoms with Gasteiger partial charge < -0.3 is 10.6 Å². The van der Waals surface area contributed by atoms with Crippen molar-refractivity contribution in [1.29, 1.82) is 0 Å². The lowest BCUT2D eigenvalue weighted by Crippen LogP contribution is -2.33. The molecule has 0 aliphatic rings. The minimum atomic E-state index is 0.00668. The molecule has 0 saturated carbocycles. The lowest BCUT2D eigenvalue weighted by Gasteiger charge is -2.23. The van der Waals surface area contributed by atoms with Gasteiger partial charge in [-0.15, -0.1) is 0 Å². The second kappa shape index (κ2) is 7.95. The van der Waals surface area contributed by atoms with Crippen LogP contribution in [-0.2, 0) is 0 Å². The van der Waals surface area contributed by atoms with Gasteiger partial charge in [-0.1, -0.05) is 66.7 Å². The smallest absolute Gasteiger partial charge is 0.171 e. The molecule has 0 amide bonds. The molecule has 3 aromatic carbocycles. The van der Waals surface area contributed by atoms with Crippen LogP contribution < -0.4 is 10.6 Å². The Labute approximate surface area is 154 Å². The number of hydrogen-bond donors (Lipinski definition) is 2. The van der Waals surface area contributed by atoms with E-state index in [-0.39, 0.29) is 6.04 Å². The predicted octanol–water partition coefficient (Wildman–Crippen LogP) is 5.38. The van der Waals surface area contributed by atoms with Crippen LogP contribution in [0.4, 0.5) is 5.69 Å². The fraction of sp³-hybridized carbons (Fsp3) is 0.136. The van der Waals surface area contributed by atoms with Crippen LogP contribution in [0, 0.1) is 13.8 Å². The van der Waals surface area contributed by atoms with Gasteiger partial charge >= 0.3 is 0 Å². The molecule has 0 aromatic heterocycles. The summed E-state index contributed by atoms with van der Waals surface area (Å²) in [5.74, 6) is 0. The van der Waals surface area contributed by atoms with Gasteiger partial charge in [0.15, 0.2) is 5.11 Å². The van der Waals surface area contributed by atoms with Crippen LogP contribution in [0.25, 0.3) is 0 Å². The second-order valence-corrected chi connectivity index (χ2v) is 6.58. The molecule has 0 fully saturated rings. The minimum absolute atomic E-state index is 0.00668. The molecule has 0 radical (unpaired) electrons. The van der Waals surface area contributed by atoms with Crippen molar-refractivity contribution in [2.45, 2.75) is 19.9 Å². The van der Waals surface area contributed by atoms with E-state index in [2.05, 4.69) is 85.1 Å². The molecule has 3 rings (SSSR count). The minimum Gasteiger partial charge on any atom is -0.352 e. The molecular formula is C22H22N2S. The molecule has 0 aliphatic heterocycles. The number of nitrogens with one attached hydrogen (secondary N) is 2. The van der Waals surface area contributed by atoms with Crippen LogP contribution in [0.5, 0.6) is 0 Å². The quantitative estimate of drug-likeness (QED) is 0.620. The maximum absolute atomic E-state index is 5.58. The largest absolute Gasteiger partial charge is 0.352 e. The maximum atomic E-state index is 5.58. The summed E-state index contributed by atoms with van der Waals surface area (Å²) in [6.45, 7) is 4.20. The highest BCUT2D eigenvalue weighted by Gasteiger charge is 2.16. The number of anilines is 1. The van der Waals surface area contributed by atoms with E-state index in [1.807, 2.05) is 18.2 Å². The molecule has 0 heterocycles. The van der Waals surface area contributed by atoms with Gasteiger partial charge in [-0.25, -0.2) is 0 Å². The summed E-state index contributed by atoms with van der Waals surface area (Å²) in [5, 5.41) is 7.38. The van der Waals surface area contributed by atoms with E-state index in [9.17, 15) is 0 Å². The van der Waals surface area contributed by atoms with E-state index in [0.717, 1.165) is 5.69 Å². The fourth-order valence-electron chi connectivity index (χ4n) is 2.92. The number of benzene rings is 3. The van der Waals surface area contributed by atoms with Crippen molar-refractivity contribution < 1.29 is 0 Å². The monoisotopic (exact) mass is 346 g/mol. The highest BCUT2D eigenvalue weighted by Crippen LogP contribution is 2.25. The third-order valence-electron chi connectivity index (χ3n) is 4.18. The lowest BCUT2D eigenvalue weighted by molar-refractivity contribution is 0.762. The van der Waals surface area contributed by atoms with Gasteiger partial charge in [-0.05, 0) is 60.5 Å². The first-order chi connectivity index (χ1) is 12.1. The molecular weight excluding hydrogens is 324 g/mol. The maximum Gasteiger partial charge on any atom is 0.171 e. The first kappa shape index (κ1) is 17.2. The molecule has 1 atom stereocenters. The van der Waals surface area contributed by atoms with Gasteiger partial charge in [0.2, 0.25) is 0 Å². The summed E-state index contributed by atoms with van der Waals surface area (Å²) in [5.41, 5.74) is 5.84. The first-order valence-corrected chi connectivity index (χ1v) is 8.79. The number of thiocarbonyl (C=S) groups is 1. The van der Waals surface area contributed by atoms with Crippen molar-refractivity contribution in [3.8, 4) is 0 Å². The van der Waals surface area contributed by atoms with Crippen LogP contribution in [0.2, 0.25) is 0 Å². The summed E-state index contributed by atoms with van der Waals surface area (Å²) >= 11 is 5.58. The number of aryl methyl sites for hydroxylation is 2. The normalized spacial score (nSPS) is 11.6. The number of hydrogen-bond acceptors (Lipinski definition) is 1. The molecule has 1 unspecified atom stereocenters. The summed E-state index contributed by atoms with van der Waals surface area (Å²) < 4.78 is 0. The van der Waals surface area contributed by atoms with Crippen LogP contribution in [-0.4, -0.2) is 5.11 Å². The van der Waals surface area contributed by atoms with Gasteiger partial charge in [0, 0.05) is 5.69 Å². The van der Waals surface area contributed by atoms with Crippen LogP contribution in [0.15, 0.2) is 78.9 Å². The fourth-order valence-corrected chi connectivity index (χ4v) is 3.15. The Kier molecular flexibility index (Phi) is 5.46. The average molecular weight is 346 g/mol. The van der Waals surface area contributed by atoms with Crippen molar-refractivity contribution in [1.82, 2.24) is 5.32 Å². The third-order valence-corrected chi connectivity index (χ3v) is 4.40. The average Bonchev–Trinajstić information content (AvgIpc) is 2.61. The summed E-state index contributed by atoms with van der Waals surface area (Å²) in [6, 6.07) is 27.0. The SMILES string of the molecule is Cc1cccc(NC(=S)NC(c2ccccc2)c2ccccc2C)c1. The molecule has 0 saturated heterocycles. The van der Waals surface area contributed by atoms with Crippen molar-refractivity contribution in [2.75, 3.05) is 5.32 Å². The second-order valence-electron chi connectivity index (χ2n) is 6.17. The van der Waals surface area contributed by atoms with Crippen LogP contribution >= 0.6 is 12.2 Å². The van der Waals surface area contributed by atoms with Crippen molar-refractivity contribution in [2.24, 2.45) is 0 Å². The van der Waals surface area contributed by atoms with Crippen LogP contribution in [0.1, 0.15) is 28.3 Å². The molecule has 0 spiro atoms. The highest BCUT2D eigenvalue weighted by atomic mass is 32.1. The zero-order chi connectivity index (χ0) is 17.6. The van der Waals surface area contributed by atoms with Gasteiger partial charge in [-0.3, -0.25) is 0 Å². The van der Waals surface area contributed by atoms with Gasteiger partial charge in [0.25, 0.3) is 0 Å². The van der Waals surface area contributed by atoms with Gasteiger partial charge in [0.1, 0.15) is 0 Å².